The Morgan fingerprint density at radius 1 is 1.26 bits per heavy atom. The second kappa shape index (κ2) is 8.55. The fraction of sp³-hybridized carbons (Fsp3) is 0.350. The van der Waals surface area contributed by atoms with Crippen molar-refractivity contribution in [1.82, 2.24) is 5.32 Å². The Morgan fingerprint density at radius 2 is 1.96 bits per heavy atom. The van der Waals surface area contributed by atoms with Gasteiger partial charge in [0.05, 0.1) is 18.0 Å². The average molecular weight is 402 g/mol. The Morgan fingerprint density at radius 3 is 2.63 bits per heavy atom. The van der Waals surface area contributed by atoms with Crippen LogP contribution in [0.4, 0.5) is 5.00 Å². The monoisotopic (exact) mass is 401 g/mol. The van der Waals surface area contributed by atoms with E-state index in [0.29, 0.717) is 15.6 Å². The van der Waals surface area contributed by atoms with Crippen LogP contribution in [-0.4, -0.2) is 11.8 Å². The lowest BCUT2D eigenvalue weighted by atomic mass is 9.96. The Labute approximate surface area is 167 Å². The van der Waals surface area contributed by atoms with Crippen LogP contribution in [0.5, 0.6) is 0 Å². The first-order chi connectivity index (χ1) is 13.0. The van der Waals surface area contributed by atoms with Crippen molar-refractivity contribution in [3.8, 4) is 6.07 Å². The van der Waals surface area contributed by atoms with Gasteiger partial charge in [-0.1, -0.05) is 23.7 Å². The second-order valence-electron chi connectivity index (χ2n) is 6.58. The molecule has 0 radical (unpaired) electrons. The predicted molar refractivity (Wildman–Crippen MR) is 107 cm³/mol. The standard InChI is InChI=1S/C20H20ClN3O2S/c1-12(25)23-17(13-6-8-14(21)9-7-13)10-19(26)24-20-16(11-22)15-4-2-3-5-18(15)27-20/h6-9,17H,2-5,10H2,1H3,(H,23,25)(H,24,26). The van der Waals surface area contributed by atoms with Gasteiger partial charge in [-0.2, -0.15) is 5.26 Å². The molecule has 0 bridgehead atoms. The largest absolute Gasteiger partial charge is 0.349 e. The van der Waals surface area contributed by atoms with E-state index in [1.54, 1.807) is 24.3 Å². The summed E-state index contributed by atoms with van der Waals surface area (Å²) in [4.78, 5) is 25.4. The average Bonchev–Trinajstić information content (AvgIpc) is 2.98. The molecule has 0 aliphatic heterocycles. The quantitative estimate of drug-likeness (QED) is 0.780. The molecule has 1 heterocycles. The number of hydrogen-bond donors (Lipinski definition) is 2. The SMILES string of the molecule is CC(=O)NC(CC(=O)Nc1sc2c(c1C#N)CCCC2)c1ccc(Cl)cc1. The molecule has 2 N–H and O–H groups in total. The zero-order valence-electron chi connectivity index (χ0n) is 15.0. The highest BCUT2D eigenvalue weighted by Gasteiger charge is 2.23. The normalized spacial score (nSPS) is 14.0. The summed E-state index contributed by atoms with van der Waals surface area (Å²) in [5.74, 6) is -0.453. The van der Waals surface area contributed by atoms with E-state index in [4.69, 9.17) is 11.6 Å². The lowest BCUT2D eigenvalue weighted by Gasteiger charge is -2.18. The molecule has 1 atom stereocenters. The maximum Gasteiger partial charge on any atom is 0.227 e. The van der Waals surface area contributed by atoms with Crippen LogP contribution < -0.4 is 10.6 Å². The van der Waals surface area contributed by atoms with E-state index in [-0.39, 0.29) is 18.2 Å². The molecule has 0 saturated carbocycles. The molecule has 0 saturated heterocycles. The number of nitrogens with one attached hydrogen (secondary N) is 2. The number of anilines is 1. The van der Waals surface area contributed by atoms with Crippen molar-refractivity contribution < 1.29 is 9.59 Å². The number of halogens is 1. The maximum absolute atomic E-state index is 12.6. The third-order valence-corrected chi connectivity index (χ3v) is 6.03. The van der Waals surface area contributed by atoms with Gasteiger partial charge in [0.2, 0.25) is 11.8 Å². The Balaban J connectivity index is 1.76. The Bertz CT molecular complexity index is 899. The van der Waals surface area contributed by atoms with Crippen LogP contribution in [-0.2, 0) is 22.4 Å². The summed E-state index contributed by atoms with van der Waals surface area (Å²) in [7, 11) is 0. The summed E-state index contributed by atoms with van der Waals surface area (Å²) in [6.07, 6.45) is 4.13. The summed E-state index contributed by atoms with van der Waals surface area (Å²) in [5.41, 5.74) is 2.47. The number of amides is 2. The van der Waals surface area contributed by atoms with Gasteiger partial charge in [-0.05, 0) is 48.9 Å². The molecule has 1 unspecified atom stereocenters. The van der Waals surface area contributed by atoms with Gasteiger partial charge in [-0.25, -0.2) is 0 Å². The summed E-state index contributed by atoms with van der Waals surface area (Å²) in [5, 5.41) is 16.4. The molecule has 1 aromatic heterocycles. The maximum atomic E-state index is 12.6. The molecular weight excluding hydrogens is 382 g/mol. The summed E-state index contributed by atoms with van der Waals surface area (Å²) >= 11 is 7.42. The van der Waals surface area contributed by atoms with Gasteiger partial charge in [0.1, 0.15) is 11.1 Å². The molecule has 0 spiro atoms. The molecule has 5 nitrogen and oxygen atoms in total. The first-order valence-electron chi connectivity index (χ1n) is 8.85. The summed E-state index contributed by atoms with van der Waals surface area (Å²) in [6.45, 7) is 1.42. The van der Waals surface area contributed by atoms with Crippen LogP contribution in [0.1, 0.15) is 53.8 Å². The van der Waals surface area contributed by atoms with Gasteiger partial charge >= 0.3 is 0 Å². The van der Waals surface area contributed by atoms with Gasteiger partial charge in [-0.3, -0.25) is 9.59 Å². The minimum atomic E-state index is -0.458. The fourth-order valence-electron chi connectivity index (χ4n) is 3.33. The van der Waals surface area contributed by atoms with Crippen LogP contribution in [0, 0.1) is 11.3 Å². The summed E-state index contributed by atoms with van der Waals surface area (Å²) < 4.78 is 0. The number of thiophene rings is 1. The minimum Gasteiger partial charge on any atom is -0.349 e. The number of nitriles is 1. The molecular formula is C20H20ClN3O2S. The number of nitrogens with zero attached hydrogens (tertiary/aromatic N) is 1. The van der Waals surface area contributed by atoms with E-state index in [2.05, 4.69) is 16.7 Å². The number of rotatable bonds is 5. The highest BCUT2D eigenvalue weighted by atomic mass is 35.5. The van der Waals surface area contributed by atoms with Crippen molar-refractivity contribution in [3.63, 3.8) is 0 Å². The zero-order valence-corrected chi connectivity index (χ0v) is 16.5. The van der Waals surface area contributed by atoms with Crippen LogP contribution in [0.25, 0.3) is 0 Å². The zero-order chi connectivity index (χ0) is 19.4. The van der Waals surface area contributed by atoms with Crippen LogP contribution in [0.2, 0.25) is 5.02 Å². The number of fused-ring (bicyclic) bond motifs is 1. The van der Waals surface area contributed by atoms with Gasteiger partial charge < -0.3 is 10.6 Å². The molecule has 1 aliphatic rings. The molecule has 140 valence electrons. The first-order valence-corrected chi connectivity index (χ1v) is 10.0. The van der Waals surface area contributed by atoms with E-state index in [1.165, 1.54) is 23.1 Å². The smallest absolute Gasteiger partial charge is 0.227 e. The highest BCUT2D eigenvalue weighted by Crippen LogP contribution is 2.37. The summed E-state index contributed by atoms with van der Waals surface area (Å²) in [6, 6.07) is 8.82. The minimum absolute atomic E-state index is 0.0780. The van der Waals surface area contributed by atoms with Crippen molar-refractivity contribution in [2.45, 2.75) is 45.1 Å². The van der Waals surface area contributed by atoms with Gasteiger partial charge in [-0.15, -0.1) is 11.3 Å². The fourth-order valence-corrected chi connectivity index (χ4v) is 4.71. The van der Waals surface area contributed by atoms with Gasteiger partial charge in [0.15, 0.2) is 0 Å². The van der Waals surface area contributed by atoms with Crippen LogP contribution >= 0.6 is 22.9 Å². The van der Waals surface area contributed by atoms with E-state index in [9.17, 15) is 14.9 Å². The number of hydrogen-bond acceptors (Lipinski definition) is 4. The predicted octanol–water partition coefficient (Wildman–Crippen LogP) is 4.36. The van der Waals surface area contributed by atoms with E-state index in [0.717, 1.165) is 36.8 Å². The molecule has 7 heteroatoms. The number of benzene rings is 1. The second-order valence-corrected chi connectivity index (χ2v) is 8.13. The lowest BCUT2D eigenvalue weighted by molar-refractivity contribution is -0.120. The third kappa shape index (κ3) is 4.68. The van der Waals surface area contributed by atoms with Crippen LogP contribution in [0.15, 0.2) is 24.3 Å². The molecule has 0 fully saturated rings. The topological polar surface area (TPSA) is 82.0 Å². The van der Waals surface area contributed by atoms with Gasteiger partial charge in [0, 0.05) is 16.8 Å². The van der Waals surface area contributed by atoms with Crippen molar-refractivity contribution in [1.29, 1.82) is 5.26 Å². The molecule has 1 aliphatic carbocycles. The molecule has 3 rings (SSSR count). The number of carbonyl (C=O) groups is 2. The Kier molecular flexibility index (Phi) is 6.15. The van der Waals surface area contributed by atoms with E-state index >= 15 is 0 Å². The van der Waals surface area contributed by atoms with Crippen LogP contribution in [0.3, 0.4) is 0 Å². The van der Waals surface area contributed by atoms with Crippen molar-refractivity contribution >= 4 is 39.8 Å². The molecule has 1 aromatic carbocycles. The van der Waals surface area contributed by atoms with Gasteiger partial charge in [0.25, 0.3) is 0 Å². The first kappa shape index (κ1) is 19.4. The number of aryl methyl sites for hydroxylation is 1. The van der Waals surface area contributed by atoms with E-state index < -0.39 is 6.04 Å². The Hall–Kier alpha value is -2.36. The molecule has 2 aromatic rings. The third-order valence-electron chi connectivity index (χ3n) is 4.58. The van der Waals surface area contributed by atoms with Crippen molar-refractivity contribution in [3.05, 3.63) is 50.9 Å². The number of carbonyl (C=O) groups excluding carboxylic acids is 2. The molecule has 27 heavy (non-hydrogen) atoms. The highest BCUT2D eigenvalue weighted by molar-refractivity contribution is 7.16. The van der Waals surface area contributed by atoms with Crippen molar-refractivity contribution in [2.75, 3.05) is 5.32 Å². The van der Waals surface area contributed by atoms with Crippen molar-refractivity contribution in [2.24, 2.45) is 0 Å². The molecule has 2 amide bonds. The van der Waals surface area contributed by atoms with E-state index in [1.807, 2.05) is 0 Å². The lowest BCUT2D eigenvalue weighted by Crippen LogP contribution is -2.29.